The fraction of sp³-hybridized carbons (Fsp3) is 1.00. The van der Waals surface area contributed by atoms with Crippen molar-refractivity contribution in [2.24, 2.45) is 0 Å². The normalized spacial score (nSPS) is 44.8. The quantitative estimate of drug-likeness (QED) is 0.0562. The van der Waals surface area contributed by atoms with Crippen LogP contribution in [0.25, 0.3) is 0 Å². The molecular weight excluding hydrogens is 641 g/mol. The van der Waals surface area contributed by atoms with Crippen LogP contribution in [0, 0.1) is 0 Å². The molecule has 3 fully saturated rings. The fourth-order valence-corrected chi connectivity index (χ4v) is 5.57. The van der Waals surface area contributed by atoms with Gasteiger partial charge in [0.1, 0.15) is 79.5 Å². The molecule has 3 aliphatic heterocycles. The van der Waals surface area contributed by atoms with Crippen LogP contribution in [-0.4, -0.2) is 199 Å². The topological polar surface area (TPSA) is 336 Å². The van der Waals surface area contributed by atoms with Crippen LogP contribution in [0.4, 0.5) is 0 Å². The fourth-order valence-electron chi connectivity index (χ4n) is 4.81. The van der Waals surface area contributed by atoms with E-state index in [9.17, 15) is 60.5 Å². The largest absolute Gasteiger partial charge is 0.472 e. The van der Waals surface area contributed by atoms with Gasteiger partial charge in [-0.15, -0.1) is 0 Å². The molecule has 0 bridgehead atoms. The van der Waals surface area contributed by atoms with E-state index in [4.69, 9.17) is 33.3 Å². The highest BCUT2D eigenvalue weighted by molar-refractivity contribution is 7.47. The predicted octanol–water partition coefficient (Wildman–Crippen LogP) is -7.46. The summed E-state index contributed by atoms with van der Waals surface area (Å²) in [5.41, 5.74) is 0. The first-order valence-electron chi connectivity index (χ1n) is 14.0. The van der Waals surface area contributed by atoms with E-state index >= 15 is 0 Å². The number of hydrogen-bond acceptors (Lipinski definition) is 20. The monoisotopic (exact) mass is 685 g/mol. The van der Waals surface area contributed by atoms with Gasteiger partial charge in [0.25, 0.3) is 0 Å². The smallest absolute Gasteiger partial charge is 0.394 e. The van der Waals surface area contributed by atoms with Gasteiger partial charge in [-0.1, -0.05) is 0 Å². The van der Waals surface area contributed by atoms with Crippen molar-refractivity contribution in [2.45, 2.75) is 105 Å². The maximum absolute atomic E-state index is 12.0. The summed E-state index contributed by atoms with van der Waals surface area (Å²) in [4.78, 5) is 9.71. The second-order valence-electron chi connectivity index (χ2n) is 10.7. The van der Waals surface area contributed by atoms with Crippen LogP contribution in [0.15, 0.2) is 0 Å². The molecular formula is C23H44NO20P. The van der Waals surface area contributed by atoms with Crippen LogP contribution < -0.4 is 5.32 Å². The molecule has 13 N–H and O–H groups in total. The molecule has 3 rings (SSSR count). The Morgan fingerprint density at radius 2 is 1.31 bits per heavy atom. The molecule has 3 unspecified atom stereocenters. The lowest BCUT2D eigenvalue weighted by Crippen LogP contribution is -2.68. The summed E-state index contributed by atoms with van der Waals surface area (Å²) in [5, 5.41) is 113. The minimum Gasteiger partial charge on any atom is -0.394 e. The molecule has 0 aromatic rings. The maximum Gasteiger partial charge on any atom is 0.472 e. The Balaban J connectivity index is 1.77. The molecule has 21 nitrogen and oxygen atoms in total. The predicted molar refractivity (Wildman–Crippen MR) is 140 cm³/mol. The summed E-state index contributed by atoms with van der Waals surface area (Å²) in [5.74, 6) is 0. The summed E-state index contributed by atoms with van der Waals surface area (Å²) in [6, 6.07) is 0. The van der Waals surface area contributed by atoms with Crippen molar-refractivity contribution < 1.29 is 98.4 Å². The van der Waals surface area contributed by atoms with Gasteiger partial charge in [0.15, 0.2) is 12.6 Å². The summed E-state index contributed by atoms with van der Waals surface area (Å²) in [6.45, 7) is -2.51. The third-order valence-electron chi connectivity index (χ3n) is 7.42. The Kier molecular flexibility index (Phi) is 14.9. The second-order valence-corrected chi connectivity index (χ2v) is 12.2. The molecule has 22 heteroatoms. The number of ether oxygens (including phenoxy) is 5. The van der Waals surface area contributed by atoms with E-state index in [1.54, 1.807) is 0 Å². The number of phosphoric acid groups is 1. The van der Waals surface area contributed by atoms with E-state index in [1.807, 2.05) is 0 Å². The van der Waals surface area contributed by atoms with E-state index in [2.05, 4.69) is 9.84 Å². The Morgan fingerprint density at radius 3 is 1.91 bits per heavy atom. The first-order valence-corrected chi connectivity index (χ1v) is 15.5. The minimum atomic E-state index is -4.66. The maximum atomic E-state index is 12.0. The molecule has 3 aliphatic rings. The molecule has 0 aromatic heterocycles. The van der Waals surface area contributed by atoms with Gasteiger partial charge in [-0.3, -0.25) is 14.4 Å². The molecule has 3 saturated heterocycles. The van der Waals surface area contributed by atoms with E-state index in [0.717, 1.165) is 0 Å². The lowest BCUT2D eigenvalue weighted by Gasteiger charge is -2.49. The first kappa shape index (κ1) is 38.9. The highest BCUT2D eigenvalue weighted by Gasteiger charge is 2.53. The van der Waals surface area contributed by atoms with Gasteiger partial charge >= 0.3 is 7.82 Å². The average Bonchev–Trinajstić information content (AvgIpc) is 3.01. The second kappa shape index (κ2) is 17.2. The van der Waals surface area contributed by atoms with Crippen molar-refractivity contribution in [2.75, 3.05) is 39.6 Å². The number of aliphatic hydroxyl groups is 11. The van der Waals surface area contributed by atoms with Crippen molar-refractivity contribution in [3.63, 3.8) is 0 Å². The van der Waals surface area contributed by atoms with Crippen molar-refractivity contribution in [1.82, 2.24) is 5.32 Å². The zero-order valence-corrected chi connectivity index (χ0v) is 25.0. The van der Waals surface area contributed by atoms with E-state index in [1.165, 1.54) is 6.92 Å². The number of phosphoric ester groups is 1. The molecule has 0 aliphatic carbocycles. The van der Waals surface area contributed by atoms with Gasteiger partial charge in [-0.25, -0.2) is 4.57 Å². The molecule has 17 atom stereocenters. The lowest BCUT2D eigenvalue weighted by atomic mass is 9.95. The Bertz CT molecular complexity index is 937. The Labute approximate surface area is 256 Å². The molecule has 0 radical (unpaired) electrons. The van der Waals surface area contributed by atoms with E-state index in [0.29, 0.717) is 0 Å². The Hall–Kier alpha value is -0.570. The summed E-state index contributed by atoms with van der Waals surface area (Å²) >= 11 is 0. The number of hydrogen-bond donors (Lipinski definition) is 13. The summed E-state index contributed by atoms with van der Waals surface area (Å²) < 4.78 is 49.3. The summed E-state index contributed by atoms with van der Waals surface area (Å²) in [6.07, 6.45) is -25.9. The molecule has 0 aromatic carbocycles. The number of rotatable bonds is 15. The van der Waals surface area contributed by atoms with Crippen LogP contribution in [0.5, 0.6) is 0 Å². The van der Waals surface area contributed by atoms with Gasteiger partial charge in [0.2, 0.25) is 0 Å². The molecule has 0 spiro atoms. The van der Waals surface area contributed by atoms with Crippen molar-refractivity contribution in [3.05, 3.63) is 0 Å². The van der Waals surface area contributed by atoms with Gasteiger partial charge in [-0.2, -0.15) is 0 Å². The third kappa shape index (κ3) is 9.75. The highest BCUT2D eigenvalue weighted by atomic mass is 31.2. The van der Waals surface area contributed by atoms with Crippen LogP contribution in [0.1, 0.15) is 6.92 Å². The molecule has 3 heterocycles. The van der Waals surface area contributed by atoms with Crippen LogP contribution >= 0.6 is 7.82 Å². The summed E-state index contributed by atoms with van der Waals surface area (Å²) in [7, 11) is -4.66. The zero-order chi connectivity index (χ0) is 33.6. The average molecular weight is 686 g/mol. The van der Waals surface area contributed by atoms with Gasteiger partial charge < -0.3 is 84.7 Å². The van der Waals surface area contributed by atoms with Crippen molar-refractivity contribution >= 4 is 7.82 Å². The molecule has 266 valence electrons. The van der Waals surface area contributed by atoms with Crippen molar-refractivity contribution in [3.8, 4) is 0 Å². The molecule has 0 saturated carbocycles. The highest BCUT2D eigenvalue weighted by Crippen LogP contribution is 2.43. The zero-order valence-electron chi connectivity index (χ0n) is 24.1. The lowest BCUT2D eigenvalue weighted by molar-refractivity contribution is -0.371. The minimum absolute atomic E-state index is 0.300. The Morgan fingerprint density at radius 1 is 0.733 bits per heavy atom. The number of nitrogens with one attached hydrogen (secondary N) is 1. The van der Waals surface area contributed by atoms with Crippen LogP contribution in [-0.2, 0) is 37.3 Å². The van der Waals surface area contributed by atoms with Crippen LogP contribution in [0.2, 0.25) is 0 Å². The standard InChI is InChI=1S/C23H44NO20P/c1-8-12(29)14(31)16(33)22(40-8)44-20-18(35)21(24-2-3-38-45(36,37)39-7-9(28)4-25)41-11(6-27)19(20)43-23-17(34)15(32)13(30)10(5-26)42-23/h8-35H,2-7H2,1H3,(H,36,37)/t8-,9?,10+,11+,12+,13-,14+,15-,16-,17+,18+,19+,20+,21?,22-,23-/m0/s1. The van der Waals surface area contributed by atoms with E-state index < -0.39 is 139 Å². The third-order valence-corrected chi connectivity index (χ3v) is 8.40. The van der Waals surface area contributed by atoms with Gasteiger partial charge in [-0.05, 0) is 6.92 Å². The molecule has 45 heavy (non-hydrogen) atoms. The van der Waals surface area contributed by atoms with Gasteiger partial charge in [0, 0.05) is 6.54 Å². The van der Waals surface area contributed by atoms with Crippen molar-refractivity contribution in [1.29, 1.82) is 0 Å². The first-order chi connectivity index (χ1) is 21.1. The SMILES string of the molecule is C[C@@H]1O[C@@H](O[C@H]2[C@H](O[C@@H]3O[C@H](CO)[C@H](O)[C@H](O)[C@H]3O)[C@@H](CO)OC(NCCOP(=O)(O)OCC(O)CO)[C@@H]2O)[C@@H](O)[C@H](O)[C@@H]1O. The van der Waals surface area contributed by atoms with Gasteiger partial charge in [0.05, 0.1) is 39.1 Å². The van der Waals surface area contributed by atoms with Crippen LogP contribution in [0.3, 0.4) is 0 Å². The molecule has 0 amide bonds. The van der Waals surface area contributed by atoms with E-state index in [-0.39, 0.29) is 6.54 Å². The number of aliphatic hydroxyl groups excluding tert-OH is 11.